The van der Waals surface area contributed by atoms with Crippen molar-refractivity contribution in [1.29, 1.82) is 0 Å². The average molecular weight is 1930 g/mol. The van der Waals surface area contributed by atoms with Gasteiger partial charge in [0.05, 0.1) is 0 Å². The van der Waals surface area contributed by atoms with Gasteiger partial charge in [0.2, 0.25) is 0 Å². The van der Waals surface area contributed by atoms with Crippen molar-refractivity contribution in [3.8, 4) is 0 Å². The third kappa shape index (κ3) is 2480. The summed E-state index contributed by atoms with van der Waals surface area (Å²) in [5.41, 5.74) is 0. The first-order valence-electron chi connectivity index (χ1n) is 0. The van der Waals surface area contributed by atoms with Gasteiger partial charge in [-0.2, -0.15) is 0 Å². The van der Waals surface area contributed by atoms with Crippen LogP contribution in [0.25, 0.3) is 0 Å². The van der Waals surface area contributed by atoms with Crippen molar-refractivity contribution in [3.05, 3.63) is 0 Å². The van der Waals surface area contributed by atoms with E-state index in [9.17, 15) is 0 Å². The molecule has 0 unspecified atom stereocenters. The van der Waals surface area contributed by atoms with Crippen LogP contribution in [-0.2, 0) is 329 Å². The Kier molecular flexibility index (Phi) is 66100. The van der Waals surface area contributed by atoms with Crippen LogP contribution in [0.1, 0.15) is 0 Å². The first-order chi connectivity index (χ1) is 0. The molecule has 0 saturated heterocycles. The maximum absolute atomic E-state index is 0. The van der Waals surface area contributed by atoms with E-state index < -0.39 is 0 Å². The molecule has 0 spiro atoms. The largest absolute Gasteiger partial charge is 2.00 e. The SMILES string of the molecule is [Mg+2].[Mg+2].[Mg+2].[Mg+2].[Mg+2].[Mg+2].[Mg+2].[Mg+2].[Mg+2].[Mg+2].[Mg+2].[Mg+2].[Mg+2].[Mg+2].[Mg+2].[Mg+2].[Mg+2].[Mg+2].[Mg+2].[Mg+2].[Mg+2].[Mg+2].[Mg+2].[Mg+2].[Mg+2].[Mg+2].[Mg+2].[Mg+2].[Mg+2].[Mg+2].[Mg+2].[Mg+2].[Mg+2].[Mg+2].[Mg+2].[Mg+2].[Mg+2].[Mg+2].[Mg+2].[Mg+2].[O-2].[O-2].[O-2].[O-2].[O-2].[O-2].[O-2].[O-2].[O-2].[O-2].[O-2].[O-2].[O-2].[O-2].[O-2].[O-2].[O-2].[O-2].[O-2].[O-2].[O-2].[O-2].[O-2].[O-2].[O-2].[O-2].[O-2].[O-2].[O-2].[O-2].[O-2].[O-2].[O-2].[O-2].[O-2].[O-2].[O-2].[O-2].[O-2].[O-2].[O-2].[O-2].[O-2].[O-2].[O-2].[O-2].[O-2].[O-2].[O-2].[O-2].[O-2].[O-2].[O-2].[O-2].[O-2].[O-2].[O-2].[O-2].[O-2].[O-2]. The number of hydrogen-bond donors (Lipinski definition) is 0. The van der Waals surface area contributed by atoms with E-state index >= 15 is 0 Å². The smallest absolute Gasteiger partial charge is 2.00 e. The van der Waals surface area contributed by atoms with Gasteiger partial charge in [-0.3, -0.25) is 0 Å². The van der Waals surface area contributed by atoms with Gasteiger partial charge in [-0.1, -0.05) is 0 Å². The Hall–Kier alpha value is 28.2. The van der Waals surface area contributed by atoms with Crippen LogP contribution in [0.2, 0.25) is 0 Å². The van der Waals surface area contributed by atoms with Gasteiger partial charge >= 0.3 is 922 Å². The Bertz CT molecular complexity index is 97.1. The van der Waals surface area contributed by atoms with E-state index in [4.69, 9.17) is 0 Å². The van der Waals surface area contributed by atoms with Gasteiger partial charge in [-0.15, -0.1) is 0 Å². The van der Waals surface area contributed by atoms with Gasteiger partial charge < -0.3 is 329 Å². The molecule has 0 saturated carbocycles. The van der Waals surface area contributed by atoms with Gasteiger partial charge in [0.15, 0.2) is 0 Å². The van der Waals surface area contributed by atoms with Crippen molar-refractivity contribution in [2.24, 2.45) is 0 Å². The first-order valence-corrected chi connectivity index (χ1v) is 0. The molecule has 0 atom stereocenters. The molecule has 0 aliphatic rings. The molecule has 0 fully saturated rings. The minimum atomic E-state index is 0. The molecule has 0 rings (SSSR count). The van der Waals surface area contributed by atoms with Gasteiger partial charge in [-0.25, -0.2) is 0 Å². The molecular weight excluding hydrogens is 1930 g/mol. The summed E-state index contributed by atoms with van der Waals surface area (Å²) in [5, 5.41) is 0. The summed E-state index contributed by atoms with van der Waals surface area (Å²) in [6, 6.07) is 0. The molecular formula is Mg40O60-40. The van der Waals surface area contributed by atoms with E-state index in [0.717, 1.165) is 0 Å². The number of hydrogen-bond acceptors (Lipinski definition) is 0. The van der Waals surface area contributed by atoms with E-state index in [2.05, 4.69) is 0 Å². The maximum Gasteiger partial charge on any atom is 2.00 e. The molecule has 0 radical (unpaired) electrons. The van der Waals surface area contributed by atoms with Crippen LogP contribution in [0.5, 0.6) is 0 Å². The van der Waals surface area contributed by atoms with Crippen LogP contribution in [-0.4, -0.2) is 922 Å². The van der Waals surface area contributed by atoms with Crippen LogP contribution in [0.3, 0.4) is 0 Å². The van der Waals surface area contributed by atoms with Crippen molar-refractivity contribution in [2.75, 3.05) is 0 Å². The minimum Gasteiger partial charge on any atom is -2.00 e. The summed E-state index contributed by atoms with van der Waals surface area (Å²) in [7, 11) is 0. The Balaban J connectivity index is 0. The van der Waals surface area contributed by atoms with Crippen molar-refractivity contribution in [3.63, 3.8) is 0 Å². The molecule has 60 nitrogen and oxygen atoms in total. The zero-order chi connectivity index (χ0) is 0. The first kappa shape index (κ1) is 2600. The average Bonchev–Trinajstić information content (AvgIpc) is 0. The monoisotopic (exact) mass is 1920 g/mol. The predicted molar refractivity (Wildman–Crippen MR) is 271 cm³/mol. The molecule has 0 aromatic rings. The fourth-order valence-electron chi connectivity index (χ4n) is 0. The summed E-state index contributed by atoms with van der Waals surface area (Å²) in [6.45, 7) is 0. The molecule has 0 aromatic heterocycles. The van der Waals surface area contributed by atoms with E-state index in [1.807, 2.05) is 0 Å². The second kappa shape index (κ2) is 2540. The van der Waals surface area contributed by atoms with Crippen LogP contribution in [0, 0.1) is 0 Å². The summed E-state index contributed by atoms with van der Waals surface area (Å²) >= 11 is 0. The van der Waals surface area contributed by atoms with Crippen molar-refractivity contribution in [2.45, 2.75) is 0 Å². The van der Waals surface area contributed by atoms with E-state index in [-0.39, 0.29) is 1250 Å². The molecule has 0 aromatic carbocycles. The fraction of sp³-hybridized carbons (Fsp3) is 0. The molecule has 100 heteroatoms. The fourth-order valence-corrected chi connectivity index (χ4v) is 0. The summed E-state index contributed by atoms with van der Waals surface area (Å²) in [5.74, 6) is 0. The van der Waals surface area contributed by atoms with Gasteiger partial charge in [-0.05, 0) is 0 Å². The molecule has 0 amide bonds. The Labute approximate surface area is 1220 Å². The second-order valence-electron chi connectivity index (χ2n) is 0. The van der Waals surface area contributed by atoms with Crippen LogP contribution in [0.4, 0.5) is 0 Å². The van der Waals surface area contributed by atoms with Crippen molar-refractivity contribution >= 4 is 922 Å². The molecule has 480 valence electrons. The molecule has 0 heterocycles. The third-order valence-electron chi connectivity index (χ3n) is 0. The second-order valence-corrected chi connectivity index (χ2v) is 0. The van der Waals surface area contributed by atoms with Crippen molar-refractivity contribution in [1.82, 2.24) is 0 Å². The molecule has 0 aliphatic carbocycles. The maximum atomic E-state index is 0. The van der Waals surface area contributed by atoms with E-state index in [1.165, 1.54) is 0 Å². The molecule has 0 bridgehead atoms. The third-order valence-corrected chi connectivity index (χ3v) is 0. The van der Waals surface area contributed by atoms with Crippen LogP contribution >= 0.6 is 0 Å². The molecule has 0 aliphatic heterocycles. The van der Waals surface area contributed by atoms with E-state index in [1.54, 1.807) is 0 Å². The van der Waals surface area contributed by atoms with Gasteiger partial charge in [0.25, 0.3) is 0 Å². The van der Waals surface area contributed by atoms with Gasteiger partial charge in [0, 0.05) is 0 Å². The Morgan fingerprint density at radius 1 is 0.0200 bits per heavy atom. The predicted octanol–water partition coefficient (Wildman–Crippen LogP) is -22.4. The van der Waals surface area contributed by atoms with E-state index in [0.29, 0.717) is 0 Å². The van der Waals surface area contributed by atoms with Crippen LogP contribution in [0.15, 0.2) is 0 Å². The summed E-state index contributed by atoms with van der Waals surface area (Å²) in [6.07, 6.45) is 0. The minimum absolute atomic E-state index is 0. The molecule has 0 N–H and O–H groups in total. The van der Waals surface area contributed by atoms with Crippen LogP contribution < -0.4 is 0 Å². The van der Waals surface area contributed by atoms with Crippen molar-refractivity contribution < 1.29 is 329 Å². The van der Waals surface area contributed by atoms with Gasteiger partial charge in [0.1, 0.15) is 0 Å². The quantitative estimate of drug-likeness (QED) is 0.204. The zero-order valence-corrected chi connectivity index (χ0v) is 109. The zero-order valence-electron chi connectivity index (χ0n) is 52.8. The summed E-state index contributed by atoms with van der Waals surface area (Å²) in [4.78, 5) is 0. The number of rotatable bonds is 0. The topological polar surface area (TPSA) is 1710 Å². The standard InChI is InChI=1S/40Mg.60O/q40*+2;60*-2. The Morgan fingerprint density at radius 3 is 0.0200 bits per heavy atom. The normalized spacial score (nSPS) is 0. The Morgan fingerprint density at radius 2 is 0.0200 bits per heavy atom. The summed E-state index contributed by atoms with van der Waals surface area (Å²) < 4.78 is 0. The molecule has 100 heavy (non-hydrogen) atoms.